The van der Waals surface area contributed by atoms with E-state index in [2.05, 4.69) is 28.2 Å². The fourth-order valence-corrected chi connectivity index (χ4v) is 4.54. The Balaban J connectivity index is 0.00000225. The van der Waals surface area contributed by atoms with Crippen LogP contribution in [-0.2, 0) is 16.4 Å². The molecule has 0 saturated carbocycles. The van der Waals surface area contributed by atoms with Crippen LogP contribution in [0.5, 0.6) is 5.75 Å². The molecule has 6 nitrogen and oxygen atoms in total. The summed E-state index contributed by atoms with van der Waals surface area (Å²) in [7, 11) is -3.23. The second kappa shape index (κ2) is 12.5. The number of nitrogens with one attached hydrogen (secondary N) is 2. The zero-order valence-electron chi connectivity index (χ0n) is 17.0. The molecule has 1 fully saturated rings. The van der Waals surface area contributed by atoms with E-state index in [9.17, 15) is 8.42 Å². The summed E-state index contributed by atoms with van der Waals surface area (Å²) < 4.78 is 32.0. The van der Waals surface area contributed by atoms with Gasteiger partial charge in [0.15, 0.2) is 0 Å². The minimum absolute atomic E-state index is 0. The molecule has 3 rings (SSSR count). The van der Waals surface area contributed by atoms with E-state index >= 15 is 0 Å². The van der Waals surface area contributed by atoms with Crippen molar-refractivity contribution in [3.63, 3.8) is 0 Å². The lowest BCUT2D eigenvalue weighted by atomic mass is 9.92. The zero-order valence-corrected chi connectivity index (χ0v) is 19.5. The third-order valence-corrected chi connectivity index (χ3v) is 5.64. The molecule has 1 aliphatic heterocycles. The molecule has 0 aromatic heterocycles. The van der Waals surface area contributed by atoms with Gasteiger partial charge in [-0.2, -0.15) is 0 Å². The van der Waals surface area contributed by atoms with Gasteiger partial charge in [0.05, 0.1) is 6.26 Å². The van der Waals surface area contributed by atoms with Crippen molar-refractivity contribution < 1.29 is 13.2 Å². The molecule has 2 aromatic rings. The van der Waals surface area contributed by atoms with E-state index in [1.165, 1.54) is 6.26 Å². The molecule has 9 heteroatoms. The topological polar surface area (TPSA) is 93.5 Å². The van der Waals surface area contributed by atoms with Crippen molar-refractivity contribution >= 4 is 34.8 Å². The SMILES string of the molecule is CS(=O)(=O)NC1CCCNC1Cc1cccc(-c2ccccc2OCCN)c1.Cl.Cl. The van der Waals surface area contributed by atoms with Crippen molar-refractivity contribution in [2.45, 2.75) is 31.3 Å². The fourth-order valence-electron chi connectivity index (χ4n) is 3.70. The van der Waals surface area contributed by atoms with E-state index in [4.69, 9.17) is 10.5 Å². The number of sulfonamides is 1. The number of halogens is 2. The number of hydrogen-bond acceptors (Lipinski definition) is 5. The summed E-state index contributed by atoms with van der Waals surface area (Å²) in [6.45, 7) is 1.85. The summed E-state index contributed by atoms with van der Waals surface area (Å²) in [5, 5.41) is 3.47. The molecule has 0 radical (unpaired) electrons. The molecule has 1 saturated heterocycles. The Labute approximate surface area is 191 Å². The number of piperidine rings is 1. The predicted molar refractivity (Wildman–Crippen MR) is 127 cm³/mol. The van der Waals surface area contributed by atoms with Crippen molar-refractivity contribution in [3.05, 3.63) is 54.1 Å². The first-order valence-electron chi connectivity index (χ1n) is 9.68. The first-order chi connectivity index (χ1) is 13.5. The zero-order chi connectivity index (χ0) is 20.0. The third-order valence-electron chi connectivity index (χ3n) is 4.91. The van der Waals surface area contributed by atoms with E-state index in [0.29, 0.717) is 13.2 Å². The van der Waals surface area contributed by atoms with E-state index in [1.54, 1.807) is 0 Å². The van der Waals surface area contributed by atoms with E-state index < -0.39 is 10.0 Å². The molecule has 4 N–H and O–H groups in total. The highest BCUT2D eigenvalue weighted by Crippen LogP contribution is 2.30. The van der Waals surface area contributed by atoms with Crippen LogP contribution >= 0.6 is 24.8 Å². The van der Waals surface area contributed by atoms with Crippen LogP contribution in [0.4, 0.5) is 0 Å². The first kappa shape index (κ1) is 26.7. The standard InChI is InChI=1S/C21H29N3O3S.2ClH/c1-28(25,26)24-19-9-5-12-23-20(19)15-16-6-4-7-17(14-16)18-8-2-3-10-21(18)27-13-11-22;;/h2-4,6-8,10,14,19-20,23-24H,5,9,11-13,15,22H2,1H3;2*1H. The normalized spacial score (nSPS) is 18.7. The lowest BCUT2D eigenvalue weighted by Gasteiger charge is -2.33. The van der Waals surface area contributed by atoms with Gasteiger partial charge in [-0.25, -0.2) is 13.1 Å². The number of para-hydroxylation sites is 1. The van der Waals surface area contributed by atoms with Crippen LogP contribution in [0.25, 0.3) is 11.1 Å². The van der Waals surface area contributed by atoms with Crippen LogP contribution < -0.4 is 20.5 Å². The highest BCUT2D eigenvalue weighted by atomic mass is 35.5. The van der Waals surface area contributed by atoms with Gasteiger partial charge in [-0.05, 0) is 43.0 Å². The summed E-state index contributed by atoms with van der Waals surface area (Å²) >= 11 is 0. The third kappa shape index (κ3) is 7.72. The van der Waals surface area contributed by atoms with Crippen LogP contribution in [-0.4, -0.2) is 46.5 Å². The highest BCUT2D eigenvalue weighted by molar-refractivity contribution is 7.88. The van der Waals surface area contributed by atoms with Gasteiger partial charge in [0, 0.05) is 24.2 Å². The summed E-state index contributed by atoms with van der Waals surface area (Å²) in [5.74, 6) is 0.817. The smallest absolute Gasteiger partial charge is 0.209 e. The van der Waals surface area contributed by atoms with Gasteiger partial charge in [0.2, 0.25) is 10.0 Å². The molecule has 0 aliphatic carbocycles. The fraction of sp³-hybridized carbons (Fsp3) is 0.429. The monoisotopic (exact) mass is 475 g/mol. The van der Waals surface area contributed by atoms with Gasteiger partial charge in [0.1, 0.15) is 12.4 Å². The van der Waals surface area contributed by atoms with Gasteiger partial charge < -0.3 is 15.8 Å². The first-order valence-corrected chi connectivity index (χ1v) is 11.6. The number of benzene rings is 2. The Morgan fingerprint density at radius 2 is 1.93 bits per heavy atom. The Morgan fingerprint density at radius 1 is 1.17 bits per heavy atom. The lowest BCUT2D eigenvalue weighted by Crippen LogP contribution is -2.54. The minimum Gasteiger partial charge on any atom is -0.492 e. The molecule has 1 heterocycles. The number of hydrogen-bond donors (Lipinski definition) is 3. The average molecular weight is 476 g/mol. The van der Waals surface area contributed by atoms with Crippen molar-refractivity contribution in [2.75, 3.05) is 26.0 Å². The minimum atomic E-state index is -3.23. The maximum Gasteiger partial charge on any atom is 0.209 e. The van der Waals surface area contributed by atoms with Crippen LogP contribution in [0.2, 0.25) is 0 Å². The van der Waals surface area contributed by atoms with E-state index in [1.807, 2.05) is 30.3 Å². The summed E-state index contributed by atoms with van der Waals surface area (Å²) in [5.41, 5.74) is 8.83. The van der Waals surface area contributed by atoms with E-state index in [0.717, 1.165) is 48.2 Å². The molecule has 0 bridgehead atoms. The maximum atomic E-state index is 11.7. The van der Waals surface area contributed by atoms with Gasteiger partial charge >= 0.3 is 0 Å². The van der Waals surface area contributed by atoms with Crippen molar-refractivity contribution in [1.82, 2.24) is 10.0 Å². The Kier molecular flexibility index (Phi) is 11.1. The molecular formula is C21H31Cl2N3O3S. The van der Waals surface area contributed by atoms with E-state index in [-0.39, 0.29) is 36.9 Å². The molecule has 30 heavy (non-hydrogen) atoms. The largest absolute Gasteiger partial charge is 0.492 e. The van der Waals surface area contributed by atoms with Crippen LogP contribution in [0.1, 0.15) is 18.4 Å². The second-order valence-corrected chi connectivity index (χ2v) is 9.02. The summed E-state index contributed by atoms with van der Waals surface area (Å²) in [6, 6.07) is 16.2. The van der Waals surface area contributed by atoms with Gasteiger partial charge in [-0.3, -0.25) is 0 Å². The van der Waals surface area contributed by atoms with Gasteiger partial charge in [-0.1, -0.05) is 42.5 Å². The molecule has 0 spiro atoms. The summed E-state index contributed by atoms with van der Waals surface area (Å²) in [4.78, 5) is 0. The number of ether oxygens (including phenoxy) is 1. The molecular weight excluding hydrogens is 445 g/mol. The second-order valence-electron chi connectivity index (χ2n) is 7.24. The quantitative estimate of drug-likeness (QED) is 0.545. The van der Waals surface area contributed by atoms with Crippen LogP contribution in [0.15, 0.2) is 48.5 Å². The Bertz CT molecular complexity index is 897. The van der Waals surface area contributed by atoms with Crippen molar-refractivity contribution in [3.8, 4) is 16.9 Å². The predicted octanol–water partition coefficient (Wildman–Crippen LogP) is 2.75. The lowest BCUT2D eigenvalue weighted by molar-refractivity contribution is 0.329. The van der Waals surface area contributed by atoms with Gasteiger partial charge in [0.25, 0.3) is 0 Å². The van der Waals surface area contributed by atoms with Crippen molar-refractivity contribution in [1.29, 1.82) is 0 Å². The average Bonchev–Trinajstić information content (AvgIpc) is 2.67. The highest BCUT2D eigenvalue weighted by Gasteiger charge is 2.27. The van der Waals surface area contributed by atoms with Gasteiger partial charge in [-0.15, -0.1) is 24.8 Å². The number of rotatable bonds is 8. The van der Waals surface area contributed by atoms with Crippen LogP contribution in [0, 0.1) is 0 Å². The van der Waals surface area contributed by atoms with Crippen LogP contribution in [0.3, 0.4) is 0 Å². The Hall–Kier alpha value is -1.35. The molecule has 168 valence electrons. The number of nitrogens with two attached hydrogens (primary N) is 1. The molecule has 1 aliphatic rings. The van der Waals surface area contributed by atoms with Crippen molar-refractivity contribution in [2.24, 2.45) is 5.73 Å². The Morgan fingerprint density at radius 3 is 2.67 bits per heavy atom. The molecule has 2 unspecified atom stereocenters. The molecule has 2 aromatic carbocycles. The molecule has 2 atom stereocenters. The maximum absolute atomic E-state index is 11.7. The molecule has 0 amide bonds. The summed E-state index contributed by atoms with van der Waals surface area (Å²) in [6.07, 6.45) is 3.79.